The summed E-state index contributed by atoms with van der Waals surface area (Å²) < 4.78 is 12.1. The van der Waals surface area contributed by atoms with Crippen LogP contribution < -0.4 is 0 Å². The molecule has 1 aromatic carbocycles. The monoisotopic (exact) mass is 455 g/mol. The molecule has 6 heteroatoms. The number of rotatable bonds is 7. The van der Waals surface area contributed by atoms with Crippen LogP contribution in [0.15, 0.2) is 22.7 Å². The number of ether oxygens (including phenoxy) is 2. The van der Waals surface area contributed by atoms with E-state index in [1.807, 2.05) is 25.1 Å². The fourth-order valence-electron chi connectivity index (χ4n) is 1.86. The lowest BCUT2D eigenvalue weighted by molar-refractivity contribution is 0.0478. The quantitative estimate of drug-likeness (QED) is 0.593. The summed E-state index contributed by atoms with van der Waals surface area (Å²) in [6, 6.07) is 5.73. The van der Waals surface area contributed by atoms with Crippen LogP contribution in [-0.2, 0) is 9.47 Å². The van der Waals surface area contributed by atoms with E-state index in [4.69, 9.17) is 9.47 Å². The van der Waals surface area contributed by atoms with Gasteiger partial charge in [-0.1, -0.05) is 0 Å². The molecule has 0 aliphatic carbocycles. The highest BCUT2D eigenvalue weighted by Gasteiger charge is 2.23. The number of benzene rings is 1. The van der Waals surface area contributed by atoms with Gasteiger partial charge in [-0.05, 0) is 63.6 Å². The average Bonchev–Trinajstić information content (AvgIpc) is 2.42. The Hall–Kier alpha value is -0.180. The standard InChI is InChI=1S/C14H19BrINO3/c1-10(9-20-3)17(6-7-19-2)14(18)12-8-11(16)4-5-13(12)15/h4-5,8,10H,6-7,9H2,1-3H3. The normalized spacial score (nSPS) is 12.2. The highest BCUT2D eigenvalue weighted by Crippen LogP contribution is 2.22. The molecule has 112 valence electrons. The maximum absolute atomic E-state index is 12.7. The van der Waals surface area contributed by atoms with Crippen LogP contribution in [0.1, 0.15) is 17.3 Å². The number of methoxy groups -OCH3 is 2. The average molecular weight is 456 g/mol. The van der Waals surface area contributed by atoms with Crippen molar-refractivity contribution < 1.29 is 14.3 Å². The van der Waals surface area contributed by atoms with Crippen molar-refractivity contribution in [2.24, 2.45) is 0 Å². The van der Waals surface area contributed by atoms with Crippen LogP contribution in [0.2, 0.25) is 0 Å². The van der Waals surface area contributed by atoms with Gasteiger partial charge in [0.15, 0.2) is 0 Å². The van der Waals surface area contributed by atoms with E-state index in [1.54, 1.807) is 19.1 Å². The van der Waals surface area contributed by atoms with Gasteiger partial charge >= 0.3 is 0 Å². The first-order chi connectivity index (χ1) is 9.51. The van der Waals surface area contributed by atoms with Gasteiger partial charge in [0.1, 0.15) is 0 Å². The van der Waals surface area contributed by atoms with Gasteiger partial charge in [-0.15, -0.1) is 0 Å². The third kappa shape index (κ3) is 4.98. The minimum Gasteiger partial charge on any atom is -0.383 e. The number of carbonyl (C=O) groups excluding carboxylic acids is 1. The highest BCUT2D eigenvalue weighted by atomic mass is 127. The summed E-state index contributed by atoms with van der Waals surface area (Å²) in [5.41, 5.74) is 0.663. The zero-order chi connectivity index (χ0) is 15.1. The fraction of sp³-hybridized carbons (Fsp3) is 0.500. The number of hydrogen-bond acceptors (Lipinski definition) is 3. The topological polar surface area (TPSA) is 38.8 Å². The first kappa shape index (κ1) is 17.9. The number of hydrogen-bond donors (Lipinski definition) is 0. The molecule has 4 nitrogen and oxygen atoms in total. The Morgan fingerprint density at radius 1 is 1.40 bits per heavy atom. The highest BCUT2D eigenvalue weighted by molar-refractivity contribution is 14.1. The Kier molecular flexibility index (Phi) is 8.01. The smallest absolute Gasteiger partial charge is 0.255 e. The van der Waals surface area contributed by atoms with E-state index in [2.05, 4.69) is 38.5 Å². The molecule has 0 heterocycles. The lowest BCUT2D eigenvalue weighted by Gasteiger charge is -2.29. The van der Waals surface area contributed by atoms with E-state index in [0.29, 0.717) is 25.3 Å². The molecule has 20 heavy (non-hydrogen) atoms. The second-order valence-electron chi connectivity index (χ2n) is 4.42. The SMILES string of the molecule is COCCN(C(=O)c1cc(I)ccc1Br)C(C)COC. The van der Waals surface area contributed by atoms with Crippen LogP contribution in [0.5, 0.6) is 0 Å². The summed E-state index contributed by atoms with van der Waals surface area (Å²) in [7, 11) is 3.27. The minimum absolute atomic E-state index is 0.00702. The molecular formula is C14H19BrINO3. The van der Waals surface area contributed by atoms with Crippen molar-refractivity contribution in [2.45, 2.75) is 13.0 Å². The Morgan fingerprint density at radius 2 is 2.10 bits per heavy atom. The minimum atomic E-state index is -0.0167. The second kappa shape index (κ2) is 8.96. The van der Waals surface area contributed by atoms with Gasteiger partial charge < -0.3 is 14.4 Å². The molecule has 0 saturated carbocycles. The first-order valence-electron chi connectivity index (χ1n) is 6.25. The second-order valence-corrected chi connectivity index (χ2v) is 6.52. The van der Waals surface area contributed by atoms with Crippen molar-refractivity contribution in [3.63, 3.8) is 0 Å². The van der Waals surface area contributed by atoms with Crippen LogP contribution in [0.4, 0.5) is 0 Å². The van der Waals surface area contributed by atoms with E-state index >= 15 is 0 Å². The van der Waals surface area contributed by atoms with Crippen molar-refractivity contribution in [1.29, 1.82) is 0 Å². The lowest BCUT2D eigenvalue weighted by atomic mass is 10.1. The molecule has 0 bridgehead atoms. The van der Waals surface area contributed by atoms with E-state index in [0.717, 1.165) is 8.04 Å². The van der Waals surface area contributed by atoms with Gasteiger partial charge in [0.25, 0.3) is 5.91 Å². The van der Waals surface area contributed by atoms with E-state index in [1.165, 1.54) is 0 Å². The molecule has 1 atom stereocenters. The van der Waals surface area contributed by atoms with Crippen LogP contribution in [0, 0.1) is 3.57 Å². The zero-order valence-corrected chi connectivity index (χ0v) is 15.6. The van der Waals surface area contributed by atoms with Gasteiger partial charge in [0.05, 0.1) is 24.8 Å². The fourth-order valence-corrected chi connectivity index (χ4v) is 2.77. The predicted molar refractivity (Wildman–Crippen MR) is 91.1 cm³/mol. The summed E-state index contributed by atoms with van der Waals surface area (Å²) >= 11 is 5.64. The van der Waals surface area contributed by atoms with Crippen LogP contribution >= 0.6 is 38.5 Å². The third-order valence-electron chi connectivity index (χ3n) is 2.90. The largest absolute Gasteiger partial charge is 0.383 e. The van der Waals surface area contributed by atoms with Crippen molar-refractivity contribution in [2.75, 3.05) is 34.0 Å². The van der Waals surface area contributed by atoms with Crippen molar-refractivity contribution in [1.82, 2.24) is 4.90 Å². The molecule has 0 aromatic heterocycles. The molecule has 0 N–H and O–H groups in total. The number of amides is 1. The Balaban J connectivity index is 2.99. The first-order valence-corrected chi connectivity index (χ1v) is 8.12. The van der Waals surface area contributed by atoms with Crippen LogP contribution in [0.25, 0.3) is 0 Å². The van der Waals surface area contributed by atoms with Gasteiger partial charge in [-0.25, -0.2) is 0 Å². The van der Waals surface area contributed by atoms with Crippen molar-refractivity contribution in [3.05, 3.63) is 31.8 Å². The van der Waals surface area contributed by atoms with Crippen molar-refractivity contribution >= 4 is 44.4 Å². The number of halogens is 2. The molecule has 1 unspecified atom stereocenters. The summed E-state index contributed by atoms with van der Waals surface area (Å²) in [6.07, 6.45) is 0. The summed E-state index contributed by atoms with van der Waals surface area (Å²) in [6.45, 7) is 3.51. The molecule has 1 aromatic rings. The molecule has 0 radical (unpaired) electrons. The van der Waals surface area contributed by atoms with Gasteiger partial charge in [-0.3, -0.25) is 4.79 Å². The maximum atomic E-state index is 12.7. The Labute approximate surface area is 142 Å². The van der Waals surface area contributed by atoms with E-state index in [-0.39, 0.29) is 11.9 Å². The molecule has 0 fully saturated rings. The Bertz CT molecular complexity index is 456. The lowest BCUT2D eigenvalue weighted by Crippen LogP contribution is -2.43. The summed E-state index contributed by atoms with van der Waals surface area (Å²) in [4.78, 5) is 14.5. The molecule has 0 spiro atoms. The Morgan fingerprint density at radius 3 is 2.70 bits per heavy atom. The van der Waals surface area contributed by atoms with Gasteiger partial charge in [0.2, 0.25) is 0 Å². The van der Waals surface area contributed by atoms with Gasteiger partial charge in [0, 0.05) is 28.8 Å². The zero-order valence-electron chi connectivity index (χ0n) is 11.9. The molecule has 0 saturated heterocycles. The predicted octanol–water partition coefficient (Wildman–Crippen LogP) is 3.18. The molecule has 1 amide bonds. The maximum Gasteiger partial charge on any atom is 0.255 e. The van der Waals surface area contributed by atoms with E-state index < -0.39 is 0 Å². The summed E-state index contributed by atoms with van der Waals surface area (Å²) in [5.74, 6) is -0.0167. The van der Waals surface area contributed by atoms with Crippen molar-refractivity contribution in [3.8, 4) is 0 Å². The number of nitrogens with zero attached hydrogens (tertiary/aromatic N) is 1. The molecular weight excluding hydrogens is 437 g/mol. The number of carbonyl (C=O) groups is 1. The molecule has 1 rings (SSSR count). The third-order valence-corrected chi connectivity index (χ3v) is 4.26. The van der Waals surface area contributed by atoms with Crippen LogP contribution in [-0.4, -0.2) is 50.8 Å². The van der Waals surface area contributed by atoms with E-state index in [9.17, 15) is 4.79 Å². The van der Waals surface area contributed by atoms with Crippen LogP contribution in [0.3, 0.4) is 0 Å². The van der Waals surface area contributed by atoms with Gasteiger partial charge in [-0.2, -0.15) is 0 Å². The molecule has 0 aliphatic rings. The molecule has 0 aliphatic heterocycles. The summed E-state index contributed by atoms with van der Waals surface area (Å²) in [5, 5.41) is 0.